The Bertz CT molecular complexity index is 352. The first-order chi connectivity index (χ1) is 6.66. The van der Waals surface area contributed by atoms with Crippen LogP contribution in [-0.4, -0.2) is 29.9 Å². The Kier molecular flexibility index (Phi) is 2.90. The van der Waals surface area contributed by atoms with E-state index in [-0.39, 0.29) is 11.9 Å². The largest absolute Gasteiger partial charge is 0.336 e. The van der Waals surface area contributed by atoms with Crippen LogP contribution < -0.4 is 5.73 Å². The van der Waals surface area contributed by atoms with Crippen molar-refractivity contribution in [2.45, 2.75) is 12.5 Å². The van der Waals surface area contributed by atoms with Crippen molar-refractivity contribution in [1.82, 2.24) is 4.90 Å². The second-order valence-electron chi connectivity index (χ2n) is 3.40. The lowest BCUT2D eigenvalue weighted by Gasteiger charge is -2.13. The predicted octanol–water partition coefficient (Wildman–Crippen LogP) is 1.68. The summed E-state index contributed by atoms with van der Waals surface area (Å²) in [7, 11) is 0. The van der Waals surface area contributed by atoms with Gasteiger partial charge in [-0.05, 0) is 34.5 Å². The van der Waals surface area contributed by atoms with E-state index in [9.17, 15) is 4.79 Å². The number of carbonyl (C=O) groups is 1. The lowest BCUT2D eigenvalue weighted by molar-refractivity contribution is 0.0795. The molecule has 0 radical (unpaired) electrons. The fourth-order valence-electron chi connectivity index (χ4n) is 1.56. The molecule has 5 heteroatoms. The Labute approximate surface area is 95.0 Å². The quantitative estimate of drug-likeness (QED) is 0.847. The molecule has 1 aliphatic heterocycles. The third-order valence-electron chi connectivity index (χ3n) is 2.30. The summed E-state index contributed by atoms with van der Waals surface area (Å²) in [6.07, 6.45) is 0.915. The smallest absolute Gasteiger partial charge is 0.264 e. The molecule has 0 aliphatic carbocycles. The molecule has 0 bridgehead atoms. The Morgan fingerprint density at radius 3 is 2.93 bits per heavy atom. The van der Waals surface area contributed by atoms with E-state index in [1.165, 1.54) is 11.3 Å². The summed E-state index contributed by atoms with van der Waals surface area (Å²) < 4.78 is 0.990. The number of hydrogen-bond donors (Lipinski definition) is 1. The van der Waals surface area contributed by atoms with Gasteiger partial charge in [-0.2, -0.15) is 0 Å². The predicted molar refractivity (Wildman–Crippen MR) is 60.5 cm³/mol. The van der Waals surface area contributed by atoms with E-state index >= 15 is 0 Å². The molecule has 1 fully saturated rings. The molecular formula is C9H11BrN2OS. The standard InChI is InChI=1S/C9H11BrN2OS/c10-8-2-1-7(14-8)9(13)12-4-3-6(11)5-12/h1-2,6H,3-5,11H2/t6-/m1/s1. The highest BCUT2D eigenvalue weighted by Crippen LogP contribution is 2.24. The summed E-state index contributed by atoms with van der Waals surface area (Å²) >= 11 is 4.81. The zero-order valence-corrected chi connectivity index (χ0v) is 9.97. The minimum Gasteiger partial charge on any atom is -0.336 e. The molecule has 14 heavy (non-hydrogen) atoms. The van der Waals surface area contributed by atoms with Crippen LogP contribution in [0.2, 0.25) is 0 Å². The van der Waals surface area contributed by atoms with E-state index < -0.39 is 0 Å². The van der Waals surface area contributed by atoms with Gasteiger partial charge in [-0.3, -0.25) is 4.79 Å². The average molecular weight is 275 g/mol. The minimum atomic E-state index is 0.105. The molecule has 0 spiro atoms. The summed E-state index contributed by atoms with van der Waals surface area (Å²) in [6.45, 7) is 1.48. The van der Waals surface area contributed by atoms with Crippen LogP contribution in [0.3, 0.4) is 0 Å². The first-order valence-electron chi connectivity index (χ1n) is 4.47. The lowest BCUT2D eigenvalue weighted by atomic mass is 10.3. The monoisotopic (exact) mass is 274 g/mol. The highest BCUT2D eigenvalue weighted by Gasteiger charge is 2.25. The van der Waals surface area contributed by atoms with Crippen molar-refractivity contribution in [2.24, 2.45) is 5.73 Å². The summed E-state index contributed by atoms with van der Waals surface area (Å²) in [6, 6.07) is 3.90. The van der Waals surface area contributed by atoms with Crippen molar-refractivity contribution >= 4 is 33.2 Å². The second-order valence-corrected chi connectivity index (χ2v) is 5.87. The summed E-state index contributed by atoms with van der Waals surface area (Å²) in [5.74, 6) is 0.105. The number of halogens is 1. The highest BCUT2D eigenvalue weighted by molar-refractivity contribution is 9.11. The normalized spacial score (nSPS) is 21.6. The Hall–Kier alpha value is -0.390. The number of thiophene rings is 1. The summed E-state index contributed by atoms with van der Waals surface area (Å²) in [5.41, 5.74) is 5.75. The van der Waals surface area contributed by atoms with Gasteiger partial charge < -0.3 is 10.6 Å². The van der Waals surface area contributed by atoms with Crippen LogP contribution in [0.25, 0.3) is 0 Å². The maximum atomic E-state index is 11.9. The molecule has 76 valence electrons. The molecule has 2 rings (SSSR count). The van der Waals surface area contributed by atoms with E-state index in [2.05, 4.69) is 15.9 Å². The van der Waals surface area contributed by atoms with Gasteiger partial charge in [0.05, 0.1) is 8.66 Å². The van der Waals surface area contributed by atoms with Gasteiger partial charge in [0.1, 0.15) is 0 Å². The molecule has 2 heterocycles. The molecule has 1 atom stereocenters. The molecule has 3 nitrogen and oxygen atoms in total. The van der Waals surface area contributed by atoms with E-state index in [1.807, 2.05) is 17.0 Å². The topological polar surface area (TPSA) is 46.3 Å². The van der Waals surface area contributed by atoms with E-state index in [4.69, 9.17) is 5.73 Å². The SMILES string of the molecule is N[C@@H]1CCN(C(=O)c2ccc(Br)s2)C1. The first kappa shape index (κ1) is 10.1. The van der Waals surface area contributed by atoms with Gasteiger partial charge in [-0.15, -0.1) is 11.3 Å². The maximum absolute atomic E-state index is 11.9. The van der Waals surface area contributed by atoms with Crippen molar-refractivity contribution in [3.8, 4) is 0 Å². The third-order valence-corrected chi connectivity index (χ3v) is 3.91. The van der Waals surface area contributed by atoms with Crippen LogP contribution in [0.5, 0.6) is 0 Å². The highest BCUT2D eigenvalue weighted by atomic mass is 79.9. The van der Waals surface area contributed by atoms with Crippen LogP contribution in [-0.2, 0) is 0 Å². The van der Waals surface area contributed by atoms with Crippen LogP contribution >= 0.6 is 27.3 Å². The van der Waals surface area contributed by atoms with E-state index in [0.29, 0.717) is 6.54 Å². The molecule has 0 unspecified atom stereocenters. The average Bonchev–Trinajstić information content (AvgIpc) is 2.73. The summed E-state index contributed by atoms with van der Waals surface area (Å²) in [4.78, 5) is 14.5. The first-order valence-corrected chi connectivity index (χ1v) is 6.08. The van der Waals surface area contributed by atoms with Gasteiger partial charge in [0.15, 0.2) is 0 Å². The van der Waals surface area contributed by atoms with Crippen molar-refractivity contribution in [3.05, 3.63) is 20.8 Å². The second kappa shape index (κ2) is 4.00. The number of likely N-dealkylation sites (tertiary alicyclic amines) is 1. The fraction of sp³-hybridized carbons (Fsp3) is 0.444. The Morgan fingerprint density at radius 1 is 1.64 bits per heavy atom. The molecule has 1 aromatic rings. The number of amides is 1. The lowest BCUT2D eigenvalue weighted by Crippen LogP contribution is -2.31. The number of nitrogens with zero attached hydrogens (tertiary/aromatic N) is 1. The molecule has 2 N–H and O–H groups in total. The molecule has 0 saturated carbocycles. The van der Waals surface area contributed by atoms with Crippen LogP contribution in [0.15, 0.2) is 15.9 Å². The molecular weight excluding hydrogens is 264 g/mol. The summed E-state index contributed by atoms with van der Waals surface area (Å²) in [5, 5.41) is 0. The van der Waals surface area contributed by atoms with Crippen LogP contribution in [0.4, 0.5) is 0 Å². The molecule has 0 aromatic carbocycles. The van der Waals surface area contributed by atoms with Gasteiger partial charge in [0.2, 0.25) is 0 Å². The Balaban J connectivity index is 2.09. The van der Waals surface area contributed by atoms with E-state index in [1.54, 1.807) is 0 Å². The number of rotatable bonds is 1. The maximum Gasteiger partial charge on any atom is 0.264 e. The Morgan fingerprint density at radius 2 is 2.43 bits per heavy atom. The van der Waals surface area contributed by atoms with Crippen molar-refractivity contribution in [1.29, 1.82) is 0 Å². The van der Waals surface area contributed by atoms with Crippen LogP contribution in [0.1, 0.15) is 16.1 Å². The minimum absolute atomic E-state index is 0.105. The number of nitrogens with two attached hydrogens (primary N) is 1. The zero-order valence-electron chi connectivity index (χ0n) is 7.57. The molecule has 1 aromatic heterocycles. The fourth-order valence-corrected chi connectivity index (χ4v) is 2.91. The number of carbonyl (C=O) groups excluding carboxylic acids is 1. The van der Waals surface area contributed by atoms with Gasteiger partial charge in [0, 0.05) is 19.1 Å². The number of hydrogen-bond acceptors (Lipinski definition) is 3. The molecule has 1 amide bonds. The van der Waals surface area contributed by atoms with Crippen molar-refractivity contribution in [2.75, 3.05) is 13.1 Å². The van der Waals surface area contributed by atoms with E-state index in [0.717, 1.165) is 21.6 Å². The molecule has 1 aliphatic rings. The van der Waals surface area contributed by atoms with Gasteiger partial charge in [-0.25, -0.2) is 0 Å². The van der Waals surface area contributed by atoms with Gasteiger partial charge in [-0.1, -0.05) is 0 Å². The van der Waals surface area contributed by atoms with Crippen molar-refractivity contribution in [3.63, 3.8) is 0 Å². The van der Waals surface area contributed by atoms with Gasteiger partial charge >= 0.3 is 0 Å². The zero-order chi connectivity index (χ0) is 10.1. The van der Waals surface area contributed by atoms with Crippen LogP contribution in [0, 0.1) is 0 Å². The van der Waals surface area contributed by atoms with Crippen molar-refractivity contribution < 1.29 is 4.79 Å². The van der Waals surface area contributed by atoms with Gasteiger partial charge in [0.25, 0.3) is 5.91 Å². The third kappa shape index (κ3) is 1.99. The molecule has 1 saturated heterocycles.